The quantitative estimate of drug-likeness (QED) is 0.652. The molecule has 0 atom stereocenters. The van der Waals surface area contributed by atoms with Crippen molar-refractivity contribution >= 4 is 16.9 Å². The van der Waals surface area contributed by atoms with Crippen LogP contribution in [-0.4, -0.2) is 28.0 Å². The molecule has 1 aliphatic carbocycles. The lowest BCUT2D eigenvalue weighted by atomic mass is 9.91. The molecule has 6 heteroatoms. The fraction of sp³-hybridized carbons (Fsp3) is 0.250. The number of hydrogen-bond acceptors (Lipinski definition) is 4. The lowest BCUT2D eigenvalue weighted by molar-refractivity contribution is 0.242. The molecule has 0 spiro atoms. The molecule has 132 valence electrons. The highest BCUT2D eigenvalue weighted by atomic mass is 16.3. The summed E-state index contributed by atoms with van der Waals surface area (Å²) in [5.74, 6) is 0.114. The van der Waals surface area contributed by atoms with Gasteiger partial charge in [-0.25, -0.2) is 4.79 Å². The minimum Gasteiger partial charge on any atom is -0.508 e. The van der Waals surface area contributed by atoms with Crippen LogP contribution in [0.4, 0.5) is 4.79 Å². The van der Waals surface area contributed by atoms with Gasteiger partial charge in [0.15, 0.2) is 0 Å². The smallest absolute Gasteiger partial charge is 0.342 e. The highest BCUT2D eigenvalue weighted by Crippen LogP contribution is 2.21. The summed E-state index contributed by atoms with van der Waals surface area (Å²) in [7, 11) is 1.53. The van der Waals surface area contributed by atoms with E-state index in [-0.39, 0.29) is 11.8 Å². The Balaban J connectivity index is 0.000000152. The van der Waals surface area contributed by atoms with Gasteiger partial charge in [-0.3, -0.25) is 0 Å². The number of aromatic hydroxyl groups is 1. The predicted molar refractivity (Wildman–Crippen MR) is 99.1 cm³/mol. The van der Waals surface area contributed by atoms with Crippen molar-refractivity contribution in [3.8, 4) is 11.8 Å². The van der Waals surface area contributed by atoms with E-state index < -0.39 is 0 Å². The predicted octanol–water partition coefficient (Wildman–Crippen LogP) is 3.37. The number of nitrogens with zero attached hydrogens (tertiary/aromatic N) is 3. The highest BCUT2D eigenvalue weighted by Gasteiger charge is 2.09. The number of rotatable bonds is 0. The minimum absolute atomic E-state index is 0.114. The van der Waals surface area contributed by atoms with E-state index in [0.29, 0.717) is 5.52 Å². The molecule has 0 fully saturated rings. The SMILES string of the molecule is CNC(=O)n1ncc2ccc(O)cc21.N#Cc1ccc2c(c1)CCCC2. The number of carbonyl (C=O) groups excluding carboxylic acids is 1. The normalized spacial score (nSPS) is 12.5. The summed E-state index contributed by atoms with van der Waals surface area (Å²) in [6.45, 7) is 0. The Morgan fingerprint density at radius 2 is 1.96 bits per heavy atom. The van der Waals surface area contributed by atoms with E-state index in [1.165, 1.54) is 48.2 Å². The lowest BCUT2D eigenvalue weighted by Gasteiger charge is -2.14. The molecule has 2 aromatic carbocycles. The van der Waals surface area contributed by atoms with Crippen LogP contribution in [0, 0.1) is 11.3 Å². The summed E-state index contributed by atoms with van der Waals surface area (Å²) in [4.78, 5) is 11.3. The summed E-state index contributed by atoms with van der Waals surface area (Å²) >= 11 is 0. The van der Waals surface area contributed by atoms with Crippen molar-refractivity contribution in [1.82, 2.24) is 15.1 Å². The second-order valence-electron chi connectivity index (χ2n) is 6.16. The van der Waals surface area contributed by atoms with Crippen molar-refractivity contribution in [3.05, 3.63) is 59.3 Å². The third-order valence-electron chi connectivity index (χ3n) is 4.44. The van der Waals surface area contributed by atoms with Gasteiger partial charge in [-0.15, -0.1) is 0 Å². The van der Waals surface area contributed by atoms with Crippen LogP contribution in [0.2, 0.25) is 0 Å². The third-order valence-corrected chi connectivity index (χ3v) is 4.44. The Kier molecular flexibility index (Phi) is 5.18. The van der Waals surface area contributed by atoms with Crippen LogP contribution in [0.1, 0.15) is 29.5 Å². The first-order valence-electron chi connectivity index (χ1n) is 8.53. The lowest BCUT2D eigenvalue weighted by Crippen LogP contribution is -2.25. The van der Waals surface area contributed by atoms with Crippen LogP contribution in [0.3, 0.4) is 0 Å². The zero-order chi connectivity index (χ0) is 18.5. The summed E-state index contributed by atoms with van der Waals surface area (Å²) in [5, 5.41) is 25.1. The molecule has 1 amide bonds. The Bertz CT molecular complexity index is 985. The number of carbonyl (C=O) groups is 1. The van der Waals surface area contributed by atoms with Crippen LogP contribution in [0.5, 0.6) is 5.75 Å². The summed E-state index contributed by atoms with van der Waals surface area (Å²) in [6.07, 6.45) is 6.51. The topological polar surface area (TPSA) is 90.9 Å². The van der Waals surface area contributed by atoms with E-state index in [0.717, 1.165) is 17.4 Å². The molecule has 0 radical (unpaired) electrons. The second-order valence-corrected chi connectivity index (χ2v) is 6.16. The van der Waals surface area contributed by atoms with Crippen molar-refractivity contribution in [1.29, 1.82) is 5.26 Å². The van der Waals surface area contributed by atoms with Crippen LogP contribution in [0.25, 0.3) is 10.9 Å². The number of phenolic OH excluding ortho intramolecular Hbond substituents is 1. The first-order valence-corrected chi connectivity index (χ1v) is 8.53. The molecular weight excluding hydrogens is 328 g/mol. The number of phenols is 1. The Morgan fingerprint density at radius 1 is 1.19 bits per heavy atom. The van der Waals surface area contributed by atoms with E-state index in [4.69, 9.17) is 5.26 Å². The molecular formula is C20H20N4O2. The van der Waals surface area contributed by atoms with Gasteiger partial charge in [0.2, 0.25) is 0 Å². The van der Waals surface area contributed by atoms with Gasteiger partial charge >= 0.3 is 6.03 Å². The van der Waals surface area contributed by atoms with Gasteiger partial charge in [-0.1, -0.05) is 6.07 Å². The van der Waals surface area contributed by atoms with Crippen LogP contribution in [-0.2, 0) is 12.8 Å². The van der Waals surface area contributed by atoms with Gasteiger partial charge in [0.1, 0.15) is 5.75 Å². The van der Waals surface area contributed by atoms with Gasteiger partial charge in [0.05, 0.1) is 23.3 Å². The maximum Gasteiger partial charge on any atom is 0.342 e. The molecule has 2 N–H and O–H groups in total. The van der Waals surface area contributed by atoms with E-state index in [2.05, 4.69) is 22.6 Å². The standard InChI is InChI=1S/C11H11N.C9H9N3O2/c12-8-9-5-6-10-3-1-2-4-11(10)7-9;1-10-9(14)12-8-4-7(13)3-2-6(8)5-11-12/h5-7H,1-4H2;2-5,13H,1H3,(H,10,14). The molecule has 0 saturated heterocycles. The first-order chi connectivity index (χ1) is 12.6. The van der Waals surface area contributed by atoms with E-state index in [9.17, 15) is 9.90 Å². The first kappa shape index (κ1) is 17.5. The Labute approximate surface area is 151 Å². The summed E-state index contributed by atoms with van der Waals surface area (Å²) in [6, 6.07) is 12.7. The van der Waals surface area contributed by atoms with Crippen LogP contribution < -0.4 is 5.32 Å². The average molecular weight is 348 g/mol. The van der Waals surface area contributed by atoms with Crippen molar-refractivity contribution in [2.45, 2.75) is 25.7 Å². The summed E-state index contributed by atoms with van der Waals surface area (Å²) in [5.41, 5.74) is 4.22. The molecule has 3 aromatic rings. The molecule has 0 aliphatic heterocycles. The molecule has 1 heterocycles. The number of nitriles is 1. The molecule has 1 aliphatic rings. The number of aryl methyl sites for hydroxylation is 2. The van der Waals surface area contributed by atoms with Gasteiger partial charge in [0, 0.05) is 18.5 Å². The van der Waals surface area contributed by atoms with Crippen molar-refractivity contribution in [2.24, 2.45) is 0 Å². The number of hydrogen-bond donors (Lipinski definition) is 2. The fourth-order valence-corrected chi connectivity index (χ4v) is 3.08. The largest absolute Gasteiger partial charge is 0.508 e. The zero-order valence-electron chi connectivity index (χ0n) is 14.6. The molecule has 26 heavy (non-hydrogen) atoms. The molecule has 1 aromatic heterocycles. The number of nitrogens with one attached hydrogen (secondary N) is 1. The number of fused-ring (bicyclic) bond motifs is 2. The minimum atomic E-state index is -0.328. The average Bonchev–Trinajstić information content (AvgIpc) is 3.10. The van der Waals surface area contributed by atoms with Crippen molar-refractivity contribution in [3.63, 3.8) is 0 Å². The monoisotopic (exact) mass is 348 g/mol. The molecule has 0 saturated carbocycles. The summed E-state index contributed by atoms with van der Waals surface area (Å²) < 4.78 is 1.20. The van der Waals surface area contributed by atoms with Gasteiger partial charge in [0.25, 0.3) is 0 Å². The fourth-order valence-electron chi connectivity index (χ4n) is 3.08. The number of amides is 1. The maximum atomic E-state index is 11.3. The molecule has 0 bridgehead atoms. The van der Waals surface area contributed by atoms with Crippen molar-refractivity contribution < 1.29 is 9.90 Å². The van der Waals surface area contributed by atoms with Gasteiger partial charge < -0.3 is 10.4 Å². The van der Waals surface area contributed by atoms with Gasteiger partial charge in [-0.2, -0.15) is 15.0 Å². The van der Waals surface area contributed by atoms with Crippen LogP contribution >= 0.6 is 0 Å². The second kappa shape index (κ2) is 7.70. The molecule has 6 nitrogen and oxygen atoms in total. The van der Waals surface area contributed by atoms with Gasteiger partial charge in [-0.05, 0) is 61.1 Å². The Hall–Kier alpha value is -3.33. The third kappa shape index (κ3) is 3.67. The number of aromatic nitrogens is 2. The zero-order valence-corrected chi connectivity index (χ0v) is 14.6. The maximum absolute atomic E-state index is 11.3. The van der Waals surface area contributed by atoms with E-state index >= 15 is 0 Å². The highest BCUT2D eigenvalue weighted by molar-refractivity contribution is 5.90. The van der Waals surface area contributed by atoms with E-state index in [1.807, 2.05) is 12.1 Å². The van der Waals surface area contributed by atoms with Crippen molar-refractivity contribution in [2.75, 3.05) is 7.05 Å². The van der Waals surface area contributed by atoms with E-state index in [1.54, 1.807) is 18.3 Å². The van der Waals surface area contributed by atoms with Crippen LogP contribution in [0.15, 0.2) is 42.6 Å². The molecule has 4 rings (SSSR count). The number of benzene rings is 2. The molecule has 0 unspecified atom stereocenters. The Morgan fingerprint density at radius 3 is 2.69 bits per heavy atom.